The average molecular weight is 315 g/mol. The van der Waals surface area contributed by atoms with Crippen molar-refractivity contribution in [3.63, 3.8) is 0 Å². The fourth-order valence-electron chi connectivity index (χ4n) is 2.14. The minimum atomic E-state index is -0.728. The van der Waals surface area contributed by atoms with Crippen molar-refractivity contribution in [2.24, 2.45) is 0 Å². The van der Waals surface area contributed by atoms with Crippen LogP contribution in [0, 0.1) is 24.0 Å². The number of para-hydroxylation sites is 1. The van der Waals surface area contributed by atoms with Crippen LogP contribution in [0.2, 0.25) is 0 Å². The van der Waals surface area contributed by atoms with Gasteiger partial charge in [-0.2, -0.15) is 0 Å². The van der Waals surface area contributed by atoms with Gasteiger partial charge in [0.25, 0.3) is 5.69 Å². The van der Waals surface area contributed by atoms with E-state index in [4.69, 9.17) is 9.47 Å². The van der Waals surface area contributed by atoms with Crippen LogP contribution in [0.15, 0.2) is 42.5 Å². The Morgan fingerprint density at radius 3 is 2.57 bits per heavy atom. The maximum absolute atomic E-state index is 12.0. The van der Waals surface area contributed by atoms with Crippen molar-refractivity contribution in [3.05, 3.63) is 69.3 Å². The maximum Gasteiger partial charge on any atom is 0.345 e. The number of carbonyl (C=O) groups is 1. The molecule has 0 bridgehead atoms. The molecule has 0 unspecified atom stereocenters. The minimum absolute atomic E-state index is 0.0118. The first-order valence-corrected chi connectivity index (χ1v) is 7.09. The van der Waals surface area contributed by atoms with Crippen molar-refractivity contribution < 1.29 is 19.2 Å². The van der Waals surface area contributed by atoms with Gasteiger partial charge in [0.1, 0.15) is 24.5 Å². The first-order valence-electron chi connectivity index (χ1n) is 7.09. The molecule has 0 amide bonds. The molecule has 0 heterocycles. The summed E-state index contributed by atoms with van der Waals surface area (Å²) in [5, 5.41) is 11.1. The molecular formula is C17H17NO5. The van der Waals surface area contributed by atoms with Gasteiger partial charge >= 0.3 is 5.97 Å². The summed E-state index contributed by atoms with van der Waals surface area (Å²) >= 11 is 0. The Balaban J connectivity index is 1.93. The zero-order chi connectivity index (χ0) is 16.8. The van der Waals surface area contributed by atoms with E-state index in [0.29, 0.717) is 11.3 Å². The fraction of sp³-hybridized carbons (Fsp3) is 0.235. The fourth-order valence-corrected chi connectivity index (χ4v) is 2.14. The summed E-state index contributed by atoms with van der Waals surface area (Å²) in [6.07, 6.45) is 0. The van der Waals surface area contributed by atoms with Crippen LogP contribution in [0.4, 0.5) is 5.69 Å². The second-order valence-electron chi connectivity index (χ2n) is 5.03. The highest BCUT2D eigenvalue weighted by atomic mass is 16.6. The molecule has 0 radical (unpaired) electrons. The van der Waals surface area contributed by atoms with Gasteiger partial charge in [-0.1, -0.05) is 24.3 Å². The van der Waals surface area contributed by atoms with E-state index in [1.54, 1.807) is 25.1 Å². The molecule has 2 rings (SSSR count). The number of nitro benzene ring substituents is 1. The van der Waals surface area contributed by atoms with Crippen molar-refractivity contribution in [3.8, 4) is 5.75 Å². The lowest BCUT2D eigenvalue weighted by molar-refractivity contribution is -0.385. The lowest BCUT2D eigenvalue weighted by Crippen LogP contribution is -2.14. The molecule has 0 aliphatic rings. The Hall–Kier alpha value is -2.89. The first-order chi connectivity index (χ1) is 11.0. The van der Waals surface area contributed by atoms with Crippen LogP contribution in [-0.4, -0.2) is 24.1 Å². The predicted molar refractivity (Wildman–Crippen MR) is 84.8 cm³/mol. The van der Waals surface area contributed by atoms with Crippen molar-refractivity contribution in [1.29, 1.82) is 0 Å². The Labute approximate surface area is 133 Å². The number of nitrogens with zero attached hydrogens (tertiary/aromatic N) is 1. The van der Waals surface area contributed by atoms with Crippen LogP contribution in [-0.2, 0) is 4.74 Å². The summed E-state index contributed by atoms with van der Waals surface area (Å²) in [5.74, 6) is -0.0455. The minimum Gasteiger partial charge on any atom is -0.490 e. The standard InChI is InChI=1S/C17H17NO5/c1-12-5-3-7-14(11-12)22-9-10-23-17(19)15-8-4-6-13(2)16(15)18(20)21/h3-8,11H,9-10H2,1-2H3. The average Bonchev–Trinajstić information content (AvgIpc) is 2.50. The number of nitro groups is 1. The van der Waals surface area contributed by atoms with Crippen LogP contribution in [0.5, 0.6) is 5.75 Å². The highest BCUT2D eigenvalue weighted by Gasteiger charge is 2.23. The second-order valence-corrected chi connectivity index (χ2v) is 5.03. The Kier molecular flexibility index (Phi) is 5.30. The molecule has 0 atom stereocenters. The van der Waals surface area contributed by atoms with E-state index in [0.717, 1.165) is 5.56 Å². The zero-order valence-electron chi connectivity index (χ0n) is 12.9. The van der Waals surface area contributed by atoms with Gasteiger partial charge < -0.3 is 9.47 Å². The molecule has 2 aromatic carbocycles. The van der Waals surface area contributed by atoms with Crippen LogP contribution >= 0.6 is 0 Å². The predicted octanol–water partition coefficient (Wildman–Crippen LogP) is 3.45. The molecule has 0 saturated carbocycles. The van der Waals surface area contributed by atoms with E-state index >= 15 is 0 Å². The number of benzene rings is 2. The SMILES string of the molecule is Cc1cccc(OCCOC(=O)c2cccc(C)c2[N+](=O)[O-])c1. The Morgan fingerprint density at radius 1 is 1.13 bits per heavy atom. The van der Waals surface area contributed by atoms with E-state index in [9.17, 15) is 14.9 Å². The Morgan fingerprint density at radius 2 is 1.87 bits per heavy atom. The second kappa shape index (κ2) is 7.40. The van der Waals surface area contributed by atoms with E-state index in [2.05, 4.69) is 0 Å². The summed E-state index contributed by atoms with van der Waals surface area (Å²) in [4.78, 5) is 22.5. The largest absolute Gasteiger partial charge is 0.490 e. The summed E-state index contributed by atoms with van der Waals surface area (Å²) in [5.41, 5.74) is 1.21. The number of aryl methyl sites for hydroxylation is 2. The molecule has 0 aliphatic heterocycles. The number of hydrogen-bond acceptors (Lipinski definition) is 5. The van der Waals surface area contributed by atoms with Gasteiger partial charge in [0, 0.05) is 5.56 Å². The Bertz CT molecular complexity index is 727. The molecule has 0 fully saturated rings. The molecule has 6 nitrogen and oxygen atoms in total. The van der Waals surface area contributed by atoms with Crippen molar-refractivity contribution in [1.82, 2.24) is 0 Å². The van der Waals surface area contributed by atoms with Crippen molar-refractivity contribution in [2.45, 2.75) is 13.8 Å². The molecule has 120 valence electrons. The van der Waals surface area contributed by atoms with Crippen LogP contribution in [0.3, 0.4) is 0 Å². The molecule has 0 aromatic heterocycles. The number of esters is 1. The van der Waals surface area contributed by atoms with E-state index in [1.807, 2.05) is 25.1 Å². The monoisotopic (exact) mass is 315 g/mol. The molecule has 0 saturated heterocycles. The van der Waals surface area contributed by atoms with Gasteiger partial charge in [0.2, 0.25) is 0 Å². The number of rotatable bonds is 6. The van der Waals surface area contributed by atoms with E-state index in [-0.39, 0.29) is 24.5 Å². The molecular weight excluding hydrogens is 298 g/mol. The summed E-state index contributed by atoms with van der Waals surface area (Å²) in [7, 11) is 0. The van der Waals surface area contributed by atoms with Gasteiger partial charge in [0.15, 0.2) is 0 Å². The highest BCUT2D eigenvalue weighted by molar-refractivity contribution is 5.94. The normalized spacial score (nSPS) is 10.2. The van der Waals surface area contributed by atoms with Crippen LogP contribution in [0.1, 0.15) is 21.5 Å². The van der Waals surface area contributed by atoms with E-state index in [1.165, 1.54) is 6.07 Å². The summed E-state index contributed by atoms with van der Waals surface area (Å²) in [6.45, 7) is 3.71. The molecule has 0 spiro atoms. The highest BCUT2D eigenvalue weighted by Crippen LogP contribution is 2.23. The third-order valence-corrected chi connectivity index (χ3v) is 3.22. The first kappa shape index (κ1) is 16.5. The number of hydrogen-bond donors (Lipinski definition) is 0. The van der Waals surface area contributed by atoms with Gasteiger partial charge in [0.05, 0.1) is 4.92 Å². The number of ether oxygens (including phenoxy) is 2. The van der Waals surface area contributed by atoms with Crippen molar-refractivity contribution >= 4 is 11.7 Å². The summed E-state index contributed by atoms with van der Waals surface area (Å²) in [6, 6.07) is 12.0. The van der Waals surface area contributed by atoms with Crippen molar-refractivity contribution in [2.75, 3.05) is 13.2 Å². The van der Waals surface area contributed by atoms with Crippen LogP contribution < -0.4 is 4.74 Å². The molecule has 0 aliphatic carbocycles. The topological polar surface area (TPSA) is 78.7 Å². The van der Waals surface area contributed by atoms with Crippen LogP contribution in [0.25, 0.3) is 0 Å². The quantitative estimate of drug-likeness (QED) is 0.353. The van der Waals surface area contributed by atoms with Gasteiger partial charge in [-0.05, 0) is 37.6 Å². The maximum atomic E-state index is 12.0. The van der Waals surface area contributed by atoms with Gasteiger partial charge in [-0.3, -0.25) is 10.1 Å². The van der Waals surface area contributed by atoms with E-state index < -0.39 is 10.9 Å². The zero-order valence-corrected chi connectivity index (χ0v) is 12.9. The molecule has 23 heavy (non-hydrogen) atoms. The summed E-state index contributed by atoms with van der Waals surface area (Å²) < 4.78 is 10.5. The third kappa shape index (κ3) is 4.29. The van der Waals surface area contributed by atoms with Gasteiger partial charge in [-0.15, -0.1) is 0 Å². The third-order valence-electron chi connectivity index (χ3n) is 3.22. The van der Waals surface area contributed by atoms with Gasteiger partial charge in [-0.25, -0.2) is 4.79 Å². The molecule has 6 heteroatoms. The lowest BCUT2D eigenvalue weighted by Gasteiger charge is -2.08. The lowest BCUT2D eigenvalue weighted by atomic mass is 10.1. The molecule has 2 aromatic rings. The number of carbonyl (C=O) groups excluding carboxylic acids is 1. The smallest absolute Gasteiger partial charge is 0.345 e. The molecule has 0 N–H and O–H groups in total.